The highest BCUT2D eigenvalue weighted by Gasteiger charge is 2.27. The van der Waals surface area contributed by atoms with E-state index in [0.717, 1.165) is 27.6 Å². The Kier molecular flexibility index (Phi) is 5.75. The third-order valence-electron chi connectivity index (χ3n) is 5.75. The molecule has 1 unspecified atom stereocenters. The Balaban J connectivity index is 1.54. The summed E-state index contributed by atoms with van der Waals surface area (Å²) in [6.07, 6.45) is 1.26. The molecule has 0 spiro atoms. The van der Waals surface area contributed by atoms with E-state index in [2.05, 4.69) is 5.32 Å². The third-order valence-corrected chi connectivity index (χ3v) is 5.75. The Morgan fingerprint density at radius 1 is 1.16 bits per heavy atom. The van der Waals surface area contributed by atoms with Gasteiger partial charge in [0, 0.05) is 36.7 Å². The van der Waals surface area contributed by atoms with E-state index in [4.69, 9.17) is 4.42 Å². The maximum atomic E-state index is 12.5. The molecular formula is C24H24N2O5. The number of rotatable bonds is 4. The zero-order chi connectivity index (χ0) is 22.0. The van der Waals surface area contributed by atoms with Crippen LogP contribution in [0.5, 0.6) is 0 Å². The number of hydrogen-bond acceptors (Lipinski definition) is 4. The van der Waals surface area contributed by atoms with Crippen LogP contribution in [0.2, 0.25) is 0 Å². The van der Waals surface area contributed by atoms with Crippen molar-refractivity contribution in [3.05, 3.63) is 70.1 Å². The summed E-state index contributed by atoms with van der Waals surface area (Å²) < 4.78 is 5.42. The molecule has 1 saturated heterocycles. The van der Waals surface area contributed by atoms with Crippen molar-refractivity contribution in [1.82, 2.24) is 10.2 Å². The van der Waals surface area contributed by atoms with Crippen molar-refractivity contribution in [2.75, 3.05) is 13.1 Å². The van der Waals surface area contributed by atoms with Crippen LogP contribution in [-0.2, 0) is 11.3 Å². The van der Waals surface area contributed by atoms with Gasteiger partial charge in [0.15, 0.2) is 0 Å². The molecule has 2 amide bonds. The van der Waals surface area contributed by atoms with Crippen LogP contribution in [0.25, 0.3) is 22.1 Å². The number of aryl methyl sites for hydroxylation is 1. The van der Waals surface area contributed by atoms with Crippen molar-refractivity contribution in [2.24, 2.45) is 5.92 Å². The maximum absolute atomic E-state index is 12.5. The van der Waals surface area contributed by atoms with Crippen molar-refractivity contribution < 1.29 is 19.1 Å². The second kappa shape index (κ2) is 8.63. The van der Waals surface area contributed by atoms with Gasteiger partial charge in [-0.1, -0.05) is 36.4 Å². The minimum Gasteiger partial charge on any atom is -0.481 e. The van der Waals surface area contributed by atoms with Crippen LogP contribution in [-0.4, -0.2) is 35.1 Å². The highest BCUT2D eigenvalue weighted by Crippen LogP contribution is 2.30. The standard InChI is InChI=1S/C24H24N2O5/c1-15-5-2-3-7-18(15)20-12-22(27)31-21-11-16(8-9-19(20)21)13-25-24(30)26-10-4-6-17(14-26)23(28)29/h2-3,5,7-9,11-12,17H,4,6,10,13-14H2,1H3,(H,25,30)(H,28,29). The maximum Gasteiger partial charge on any atom is 0.336 e. The summed E-state index contributed by atoms with van der Waals surface area (Å²) in [7, 11) is 0. The molecule has 0 aliphatic carbocycles. The van der Waals surface area contributed by atoms with Gasteiger partial charge < -0.3 is 19.7 Å². The van der Waals surface area contributed by atoms with E-state index in [1.54, 1.807) is 11.0 Å². The number of carboxylic acids is 1. The number of amides is 2. The summed E-state index contributed by atoms with van der Waals surface area (Å²) in [5.41, 5.74) is 3.67. The van der Waals surface area contributed by atoms with Crippen LogP contribution in [0.4, 0.5) is 4.79 Å². The molecule has 3 aromatic rings. The van der Waals surface area contributed by atoms with Gasteiger partial charge in [0.05, 0.1) is 5.92 Å². The van der Waals surface area contributed by atoms with Crippen LogP contribution >= 0.6 is 0 Å². The molecule has 1 aromatic heterocycles. The molecule has 0 bridgehead atoms. The Morgan fingerprint density at radius 2 is 1.97 bits per heavy atom. The summed E-state index contributed by atoms with van der Waals surface area (Å²) in [6.45, 7) is 3.01. The highest BCUT2D eigenvalue weighted by atomic mass is 16.4. The fraction of sp³-hybridized carbons (Fsp3) is 0.292. The number of urea groups is 1. The summed E-state index contributed by atoms with van der Waals surface area (Å²) in [4.78, 5) is 37.4. The Hall–Kier alpha value is -3.61. The van der Waals surface area contributed by atoms with Crippen molar-refractivity contribution in [2.45, 2.75) is 26.3 Å². The smallest absolute Gasteiger partial charge is 0.336 e. The van der Waals surface area contributed by atoms with E-state index in [-0.39, 0.29) is 19.1 Å². The summed E-state index contributed by atoms with van der Waals surface area (Å²) >= 11 is 0. The topological polar surface area (TPSA) is 99.9 Å². The average Bonchev–Trinajstić information content (AvgIpc) is 2.77. The fourth-order valence-corrected chi connectivity index (χ4v) is 4.07. The molecule has 0 saturated carbocycles. The molecule has 2 aromatic carbocycles. The van der Waals surface area contributed by atoms with E-state index in [9.17, 15) is 19.5 Å². The number of aliphatic carboxylic acids is 1. The number of likely N-dealkylation sites (tertiary alicyclic amines) is 1. The van der Waals surface area contributed by atoms with Crippen LogP contribution in [0.3, 0.4) is 0 Å². The van der Waals surface area contributed by atoms with Gasteiger partial charge in [-0.25, -0.2) is 9.59 Å². The van der Waals surface area contributed by atoms with E-state index >= 15 is 0 Å². The fourth-order valence-electron chi connectivity index (χ4n) is 4.07. The number of hydrogen-bond donors (Lipinski definition) is 2. The summed E-state index contributed by atoms with van der Waals surface area (Å²) in [5.74, 6) is -1.39. The Morgan fingerprint density at radius 3 is 2.74 bits per heavy atom. The molecule has 31 heavy (non-hydrogen) atoms. The SMILES string of the molecule is Cc1ccccc1-c1cc(=O)oc2cc(CNC(=O)N3CCCC(C(=O)O)C3)ccc12. The molecule has 2 N–H and O–H groups in total. The quantitative estimate of drug-likeness (QED) is 0.626. The predicted octanol–water partition coefficient (Wildman–Crippen LogP) is 3.77. The summed E-state index contributed by atoms with van der Waals surface area (Å²) in [6, 6.07) is 14.6. The number of nitrogens with zero attached hydrogens (tertiary/aromatic N) is 1. The van der Waals surface area contributed by atoms with Gasteiger partial charge >= 0.3 is 17.6 Å². The van der Waals surface area contributed by atoms with Crippen molar-refractivity contribution in [3.8, 4) is 11.1 Å². The molecule has 2 heterocycles. The predicted molar refractivity (Wildman–Crippen MR) is 117 cm³/mol. The molecule has 4 rings (SSSR count). The lowest BCUT2D eigenvalue weighted by Gasteiger charge is -2.30. The first-order valence-electron chi connectivity index (χ1n) is 10.3. The number of carbonyl (C=O) groups excluding carboxylic acids is 1. The molecule has 160 valence electrons. The molecule has 7 heteroatoms. The largest absolute Gasteiger partial charge is 0.481 e. The van der Waals surface area contributed by atoms with Crippen molar-refractivity contribution in [1.29, 1.82) is 0 Å². The van der Waals surface area contributed by atoms with Gasteiger partial charge in [-0.05, 0) is 42.5 Å². The zero-order valence-electron chi connectivity index (χ0n) is 17.3. The first kappa shape index (κ1) is 20.7. The number of carboxylic acid groups (broad SMARTS) is 1. The van der Waals surface area contributed by atoms with E-state index in [1.807, 2.05) is 43.3 Å². The summed E-state index contributed by atoms with van der Waals surface area (Å²) in [5, 5.41) is 12.9. The van der Waals surface area contributed by atoms with Crippen LogP contribution in [0.15, 0.2) is 57.7 Å². The van der Waals surface area contributed by atoms with Crippen LogP contribution < -0.4 is 10.9 Å². The molecule has 1 atom stereocenters. The molecule has 7 nitrogen and oxygen atoms in total. The van der Waals surface area contributed by atoms with Gasteiger partial charge in [-0.3, -0.25) is 4.79 Å². The molecule has 0 radical (unpaired) electrons. The second-order valence-corrected chi connectivity index (χ2v) is 7.91. The third kappa shape index (κ3) is 4.45. The lowest BCUT2D eigenvalue weighted by atomic mass is 9.97. The first-order valence-corrected chi connectivity index (χ1v) is 10.3. The number of piperidine rings is 1. The number of benzene rings is 2. The highest BCUT2D eigenvalue weighted by molar-refractivity contribution is 5.94. The first-order chi connectivity index (χ1) is 14.9. The molecule has 1 aliphatic heterocycles. The normalized spacial score (nSPS) is 16.3. The molecule has 1 fully saturated rings. The Labute approximate surface area is 179 Å². The Bertz CT molecular complexity index is 1200. The van der Waals surface area contributed by atoms with Gasteiger partial charge in [0.25, 0.3) is 0 Å². The monoisotopic (exact) mass is 420 g/mol. The lowest BCUT2D eigenvalue weighted by Crippen LogP contribution is -2.46. The van der Waals surface area contributed by atoms with E-state index < -0.39 is 17.5 Å². The van der Waals surface area contributed by atoms with Crippen LogP contribution in [0, 0.1) is 12.8 Å². The number of nitrogens with one attached hydrogen (secondary N) is 1. The minimum atomic E-state index is -0.869. The number of fused-ring (bicyclic) bond motifs is 1. The average molecular weight is 420 g/mol. The second-order valence-electron chi connectivity index (χ2n) is 7.91. The molecular weight excluding hydrogens is 396 g/mol. The lowest BCUT2D eigenvalue weighted by molar-refractivity contribution is -0.143. The van der Waals surface area contributed by atoms with Gasteiger partial charge in [-0.2, -0.15) is 0 Å². The van der Waals surface area contributed by atoms with E-state index in [1.165, 1.54) is 6.07 Å². The van der Waals surface area contributed by atoms with Crippen molar-refractivity contribution in [3.63, 3.8) is 0 Å². The zero-order valence-corrected chi connectivity index (χ0v) is 17.3. The van der Waals surface area contributed by atoms with Gasteiger partial charge in [0.2, 0.25) is 0 Å². The van der Waals surface area contributed by atoms with Gasteiger partial charge in [0.1, 0.15) is 5.58 Å². The van der Waals surface area contributed by atoms with Gasteiger partial charge in [-0.15, -0.1) is 0 Å². The molecule has 1 aliphatic rings. The van der Waals surface area contributed by atoms with Crippen LogP contribution in [0.1, 0.15) is 24.0 Å². The minimum absolute atomic E-state index is 0.216. The number of carbonyl (C=O) groups is 2. The van der Waals surface area contributed by atoms with E-state index in [0.29, 0.717) is 25.0 Å². The van der Waals surface area contributed by atoms with Crippen molar-refractivity contribution >= 4 is 23.0 Å².